The minimum Gasteiger partial charge on any atom is -0.479 e. The highest BCUT2D eigenvalue weighted by Gasteiger charge is 2.51. The van der Waals surface area contributed by atoms with Gasteiger partial charge in [0.15, 0.2) is 18.0 Å². The predicted molar refractivity (Wildman–Crippen MR) is 73.8 cm³/mol. The number of carbonyl (C=O) groups excluding carboxylic acids is 2. The summed E-state index contributed by atoms with van der Waals surface area (Å²) < 4.78 is 4.78. The summed E-state index contributed by atoms with van der Waals surface area (Å²) in [6, 6.07) is 7.94. The Morgan fingerprint density at radius 2 is 1.76 bits per heavy atom. The molecule has 6 nitrogen and oxygen atoms in total. The number of carbonyl (C=O) groups is 3. The lowest BCUT2D eigenvalue weighted by molar-refractivity contribution is -0.138. The van der Waals surface area contributed by atoms with Crippen LogP contribution in [0.3, 0.4) is 0 Å². The molecule has 0 saturated carbocycles. The Hall–Kier alpha value is -2.21. The molecule has 0 bridgehead atoms. The number of amides is 1. The van der Waals surface area contributed by atoms with Crippen LogP contribution in [0.4, 0.5) is 0 Å². The number of aliphatic carboxylic acids is 1. The number of carboxylic acid groups (broad SMARTS) is 1. The first kappa shape index (κ1) is 15.2. The van der Waals surface area contributed by atoms with Crippen LogP contribution in [0.1, 0.15) is 24.2 Å². The number of benzene rings is 1. The normalized spacial score (nSPS) is 21.7. The predicted octanol–water partition coefficient (Wildman–Crippen LogP) is 0.862. The molecule has 21 heavy (non-hydrogen) atoms. The van der Waals surface area contributed by atoms with Crippen molar-refractivity contribution < 1.29 is 24.2 Å². The van der Waals surface area contributed by atoms with Crippen molar-refractivity contribution >= 4 is 17.7 Å². The molecule has 0 aromatic heterocycles. The standard InChI is InChI=1S/C15H17NO5/c1-8(2)10(11(17)9-6-4-3-5-7-9)16-14(18)12-13(21-12)15(19)20/h3-8,10,12-13H,1-2H3,(H,16,18)(H,19,20)/t10-,12-,13-/m0/s1. The van der Waals surface area contributed by atoms with Gasteiger partial charge in [-0.2, -0.15) is 0 Å². The van der Waals surface area contributed by atoms with Crippen molar-refractivity contribution in [3.63, 3.8) is 0 Å². The molecule has 1 amide bonds. The fourth-order valence-corrected chi connectivity index (χ4v) is 2.05. The Kier molecular flexibility index (Phi) is 4.37. The van der Waals surface area contributed by atoms with E-state index >= 15 is 0 Å². The molecule has 1 aromatic rings. The first-order valence-electron chi connectivity index (χ1n) is 6.69. The Morgan fingerprint density at radius 1 is 1.14 bits per heavy atom. The number of hydrogen-bond donors (Lipinski definition) is 2. The first-order chi connectivity index (χ1) is 9.91. The number of ether oxygens (including phenoxy) is 1. The molecule has 2 rings (SSSR count). The van der Waals surface area contributed by atoms with Crippen molar-refractivity contribution in [1.82, 2.24) is 5.32 Å². The van der Waals surface area contributed by atoms with Crippen LogP contribution in [-0.2, 0) is 14.3 Å². The lowest BCUT2D eigenvalue weighted by atomic mass is 9.95. The number of hydrogen-bond acceptors (Lipinski definition) is 4. The van der Waals surface area contributed by atoms with Crippen LogP contribution in [0.25, 0.3) is 0 Å². The van der Waals surface area contributed by atoms with Gasteiger partial charge in [0.1, 0.15) is 0 Å². The summed E-state index contributed by atoms with van der Waals surface area (Å²) in [6.07, 6.45) is -2.11. The highest BCUT2D eigenvalue weighted by Crippen LogP contribution is 2.23. The summed E-state index contributed by atoms with van der Waals surface area (Å²) in [4.78, 5) is 35.0. The molecule has 1 heterocycles. The van der Waals surface area contributed by atoms with Gasteiger partial charge in [-0.25, -0.2) is 4.79 Å². The number of Topliss-reactive ketones (excluding diaryl/α,β-unsaturated/α-hetero) is 1. The van der Waals surface area contributed by atoms with Crippen LogP contribution in [0.2, 0.25) is 0 Å². The van der Waals surface area contributed by atoms with E-state index < -0.39 is 30.1 Å². The molecule has 1 aromatic carbocycles. The summed E-state index contributed by atoms with van der Waals surface area (Å²) >= 11 is 0. The molecule has 1 aliphatic rings. The maximum absolute atomic E-state index is 12.4. The van der Waals surface area contributed by atoms with Crippen molar-refractivity contribution in [2.24, 2.45) is 5.92 Å². The Morgan fingerprint density at radius 3 is 2.24 bits per heavy atom. The van der Waals surface area contributed by atoms with Crippen LogP contribution in [-0.4, -0.2) is 41.0 Å². The van der Waals surface area contributed by atoms with E-state index in [4.69, 9.17) is 9.84 Å². The third kappa shape index (κ3) is 3.46. The minimum absolute atomic E-state index is 0.122. The van der Waals surface area contributed by atoms with Crippen LogP contribution < -0.4 is 5.32 Å². The van der Waals surface area contributed by atoms with E-state index in [-0.39, 0.29) is 11.7 Å². The molecule has 6 heteroatoms. The van der Waals surface area contributed by atoms with E-state index in [0.29, 0.717) is 5.56 Å². The van der Waals surface area contributed by atoms with Gasteiger partial charge in [0.25, 0.3) is 5.91 Å². The quantitative estimate of drug-likeness (QED) is 0.598. The topological polar surface area (TPSA) is 96.0 Å². The van der Waals surface area contributed by atoms with Crippen molar-refractivity contribution in [1.29, 1.82) is 0 Å². The zero-order valence-corrected chi connectivity index (χ0v) is 11.8. The lowest BCUT2D eigenvalue weighted by Crippen LogP contribution is -2.46. The molecule has 112 valence electrons. The van der Waals surface area contributed by atoms with Crippen molar-refractivity contribution in [3.8, 4) is 0 Å². The Bertz CT molecular complexity index is 554. The molecular formula is C15H17NO5. The summed E-state index contributed by atoms with van der Waals surface area (Å²) in [7, 11) is 0. The highest BCUT2D eigenvalue weighted by atomic mass is 16.6. The smallest absolute Gasteiger partial charge is 0.336 e. The van der Waals surface area contributed by atoms with Crippen LogP contribution in [0, 0.1) is 5.92 Å². The third-order valence-electron chi connectivity index (χ3n) is 3.30. The fraction of sp³-hybridized carbons (Fsp3) is 0.400. The van der Waals surface area contributed by atoms with Crippen LogP contribution >= 0.6 is 0 Å². The SMILES string of the molecule is CC(C)[C@H](NC(=O)[C@H]1O[C@@H]1C(=O)O)C(=O)c1ccccc1. The van der Waals surface area contributed by atoms with Gasteiger partial charge in [0.05, 0.1) is 6.04 Å². The molecule has 0 radical (unpaired) electrons. The van der Waals surface area contributed by atoms with Gasteiger partial charge in [-0.15, -0.1) is 0 Å². The van der Waals surface area contributed by atoms with E-state index in [2.05, 4.69) is 5.32 Å². The van der Waals surface area contributed by atoms with E-state index in [1.807, 2.05) is 13.8 Å². The molecule has 0 unspecified atom stereocenters. The molecule has 0 aliphatic carbocycles. The van der Waals surface area contributed by atoms with E-state index in [9.17, 15) is 14.4 Å². The number of ketones is 1. The lowest BCUT2D eigenvalue weighted by Gasteiger charge is -2.20. The number of nitrogens with one attached hydrogen (secondary N) is 1. The Balaban J connectivity index is 2.05. The molecule has 2 N–H and O–H groups in total. The van der Waals surface area contributed by atoms with Gasteiger partial charge < -0.3 is 15.2 Å². The van der Waals surface area contributed by atoms with Crippen molar-refractivity contribution in [2.75, 3.05) is 0 Å². The van der Waals surface area contributed by atoms with Gasteiger partial charge in [-0.3, -0.25) is 9.59 Å². The summed E-state index contributed by atoms with van der Waals surface area (Å²) in [5.41, 5.74) is 0.503. The maximum atomic E-state index is 12.4. The summed E-state index contributed by atoms with van der Waals surface area (Å²) in [5, 5.41) is 11.3. The second-order valence-corrected chi connectivity index (χ2v) is 5.28. The average molecular weight is 291 g/mol. The molecule has 3 atom stereocenters. The zero-order chi connectivity index (χ0) is 15.6. The molecular weight excluding hydrogens is 274 g/mol. The van der Waals surface area contributed by atoms with Gasteiger partial charge in [-0.1, -0.05) is 44.2 Å². The third-order valence-corrected chi connectivity index (χ3v) is 3.30. The molecule has 1 aliphatic heterocycles. The van der Waals surface area contributed by atoms with Crippen molar-refractivity contribution in [3.05, 3.63) is 35.9 Å². The van der Waals surface area contributed by atoms with Crippen LogP contribution in [0.5, 0.6) is 0 Å². The van der Waals surface area contributed by atoms with E-state index in [1.54, 1.807) is 30.3 Å². The van der Waals surface area contributed by atoms with E-state index in [0.717, 1.165) is 0 Å². The number of rotatable bonds is 6. The monoisotopic (exact) mass is 291 g/mol. The van der Waals surface area contributed by atoms with Crippen LogP contribution in [0.15, 0.2) is 30.3 Å². The summed E-state index contributed by atoms with van der Waals surface area (Å²) in [5.74, 6) is -2.06. The van der Waals surface area contributed by atoms with E-state index in [1.165, 1.54) is 0 Å². The first-order valence-corrected chi connectivity index (χ1v) is 6.69. The van der Waals surface area contributed by atoms with Crippen molar-refractivity contribution in [2.45, 2.75) is 32.1 Å². The number of carboxylic acids is 1. The van der Waals surface area contributed by atoms with Gasteiger partial charge in [0.2, 0.25) is 0 Å². The van der Waals surface area contributed by atoms with Gasteiger partial charge >= 0.3 is 5.97 Å². The highest BCUT2D eigenvalue weighted by molar-refractivity contribution is 6.03. The molecule has 1 fully saturated rings. The zero-order valence-electron chi connectivity index (χ0n) is 11.8. The summed E-state index contributed by atoms with van der Waals surface area (Å²) in [6.45, 7) is 3.63. The second-order valence-electron chi connectivity index (χ2n) is 5.28. The molecule has 1 saturated heterocycles. The second kappa shape index (κ2) is 6.05. The Labute approximate surface area is 122 Å². The van der Waals surface area contributed by atoms with Gasteiger partial charge in [0, 0.05) is 5.56 Å². The maximum Gasteiger partial charge on any atom is 0.336 e. The number of epoxide rings is 1. The fourth-order valence-electron chi connectivity index (χ4n) is 2.05. The molecule has 0 spiro atoms. The minimum atomic E-state index is -1.18. The van der Waals surface area contributed by atoms with Gasteiger partial charge in [-0.05, 0) is 5.92 Å². The largest absolute Gasteiger partial charge is 0.479 e. The average Bonchev–Trinajstić information content (AvgIpc) is 3.25.